The molecule has 0 saturated carbocycles. The van der Waals surface area contributed by atoms with Crippen LogP contribution in [-0.4, -0.2) is 44.5 Å². The molecule has 4 rings (SSSR count). The highest BCUT2D eigenvalue weighted by Gasteiger charge is 2.40. The third-order valence-corrected chi connectivity index (χ3v) is 9.07. The van der Waals surface area contributed by atoms with E-state index in [9.17, 15) is 13.8 Å². The fourth-order valence-corrected chi connectivity index (χ4v) is 7.53. The Morgan fingerprint density at radius 1 is 1.03 bits per heavy atom. The Morgan fingerprint density at radius 3 is 2.18 bits per heavy atom. The van der Waals surface area contributed by atoms with E-state index in [0.29, 0.717) is 13.0 Å². The number of hydrogen-bond donors (Lipinski definition) is 2. The van der Waals surface area contributed by atoms with Crippen LogP contribution in [0.25, 0.3) is 0 Å². The van der Waals surface area contributed by atoms with Crippen molar-refractivity contribution in [2.75, 3.05) is 11.9 Å². The zero-order chi connectivity index (χ0) is 27.9. The summed E-state index contributed by atoms with van der Waals surface area (Å²) in [5.74, 6) is 0. The van der Waals surface area contributed by atoms with Crippen molar-refractivity contribution in [3.05, 3.63) is 39.8 Å². The summed E-state index contributed by atoms with van der Waals surface area (Å²) in [5, 5.41) is 4.54. The summed E-state index contributed by atoms with van der Waals surface area (Å²) < 4.78 is 26.9. The maximum Gasteiger partial charge on any atom is 0.410 e. The number of amides is 3. The number of fused-ring (bicyclic) bond motifs is 2. The summed E-state index contributed by atoms with van der Waals surface area (Å²) in [6.07, 6.45) is 8.96. The van der Waals surface area contributed by atoms with E-state index >= 15 is 0 Å². The summed E-state index contributed by atoms with van der Waals surface area (Å²) in [7, 11) is -3.30. The van der Waals surface area contributed by atoms with E-state index in [1.165, 1.54) is 27.7 Å². The SMILES string of the molecule is CC(C)(C)N=S(=O)(/C=C/[C@@]1(C)CCCN1C(=O)OC(C)(C)C)NC(=O)Nc1c2c(cc3c1CCC3)CCC2. The second-order valence-electron chi connectivity index (χ2n) is 13.0. The molecular formula is C29H44N4O4S. The van der Waals surface area contributed by atoms with Crippen molar-refractivity contribution in [2.24, 2.45) is 4.36 Å². The molecule has 38 heavy (non-hydrogen) atoms. The first-order chi connectivity index (χ1) is 17.6. The van der Waals surface area contributed by atoms with Crippen LogP contribution in [0, 0.1) is 0 Å². The topological polar surface area (TPSA) is 100 Å². The summed E-state index contributed by atoms with van der Waals surface area (Å²) in [5.41, 5.74) is 3.98. The number of carbonyl (C=O) groups is 2. The maximum atomic E-state index is 14.1. The molecular weight excluding hydrogens is 500 g/mol. The Balaban J connectivity index is 1.60. The van der Waals surface area contributed by atoms with E-state index in [-0.39, 0.29) is 0 Å². The molecule has 210 valence electrons. The van der Waals surface area contributed by atoms with Crippen LogP contribution < -0.4 is 10.0 Å². The van der Waals surface area contributed by atoms with Crippen molar-refractivity contribution in [1.82, 2.24) is 9.62 Å². The number of hydrogen-bond acceptors (Lipinski definition) is 5. The van der Waals surface area contributed by atoms with Gasteiger partial charge in [0.1, 0.15) is 5.60 Å². The zero-order valence-electron chi connectivity index (χ0n) is 24.0. The van der Waals surface area contributed by atoms with Gasteiger partial charge < -0.3 is 10.1 Å². The van der Waals surface area contributed by atoms with Crippen molar-refractivity contribution in [3.63, 3.8) is 0 Å². The van der Waals surface area contributed by atoms with Crippen LogP contribution in [0.4, 0.5) is 15.3 Å². The Morgan fingerprint density at radius 2 is 1.63 bits per heavy atom. The Hall–Kier alpha value is -2.55. The molecule has 1 aromatic carbocycles. The average Bonchev–Trinajstić information content (AvgIpc) is 3.49. The highest BCUT2D eigenvalue weighted by molar-refractivity contribution is 7.95. The van der Waals surface area contributed by atoms with Gasteiger partial charge in [-0.05, 0) is 128 Å². The summed E-state index contributed by atoms with van der Waals surface area (Å²) in [4.78, 5) is 27.9. The van der Waals surface area contributed by atoms with E-state index < -0.39 is 38.7 Å². The molecule has 0 spiro atoms. The Bertz CT molecular complexity index is 1230. The number of carbonyl (C=O) groups excluding carboxylic acids is 2. The lowest BCUT2D eigenvalue weighted by Crippen LogP contribution is -2.46. The van der Waals surface area contributed by atoms with Crippen LogP contribution in [-0.2, 0) is 40.3 Å². The number of anilines is 1. The quantitative estimate of drug-likeness (QED) is 0.466. The smallest absolute Gasteiger partial charge is 0.410 e. The van der Waals surface area contributed by atoms with E-state index in [1.54, 1.807) is 11.0 Å². The molecule has 1 fully saturated rings. The van der Waals surface area contributed by atoms with E-state index in [4.69, 9.17) is 4.74 Å². The van der Waals surface area contributed by atoms with Crippen LogP contribution in [0.3, 0.4) is 0 Å². The van der Waals surface area contributed by atoms with Gasteiger partial charge in [-0.15, -0.1) is 0 Å². The molecule has 1 unspecified atom stereocenters. The molecule has 1 aromatic rings. The van der Waals surface area contributed by atoms with Crippen LogP contribution in [0.5, 0.6) is 0 Å². The number of aryl methyl sites for hydroxylation is 2. The number of rotatable bonds is 4. The van der Waals surface area contributed by atoms with E-state index in [1.807, 2.05) is 48.5 Å². The molecule has 2 aliphatic carbocycles. The molecule has 2 atom stereocenters. The van der Waals surface area contributed by atoms with Gasteiger partial charge in [0.2, 0.25) is 0 Å². The van der Waals surface area contributed by atoms with Crippen molar-refractivity contribution < 1.29 is 18.5 Å². The first-order valence-electron chi connectivity index (χ1n) is 13.8. The molecule has 1 heterocycles. The van der Waals surface area contributed by atoms with Crippen LogP contribution >= 0.6 is 0 Å². The summed E-state index contributed by atoms with van der Waals surface area (Å²) in [6, 6.07) is 1.79. The van der Waals surface area contributed by atoms with Gasteiger partial charge >= 0.3 is 12.1 Å². The van der Waals surface area contributed by atoms with Gasteiger partial charge in [-0.1, -0.05) is 6.07 Å². The van der Waals surface area contributed by atoms with Crippen LogP contribution in [0.2, 0.25) is 0 Å². The highest BCUT2D eigenvalue weighted by atomic mass is 32.2. The molecule has 0 aromatic heterocycles. The summed E-state index contributed by atoms with van der Waals surface area (Å²) in [6.45, 7) is 13.5. The third-order valence-electron chi connectivity index (χ3n) is 7.27. The van der Waals surface area contributed by atoms with Gasteiger partial charge in [0.25, 0.3) is 0 Å². The van der Waals surface area contributed by atoms with Gasteiger partial charge in [0, 0.05) is 17.6 Å². The van der Waals surface area contributed by atoms with Gasteiger partial charge in [-0.25, -0.2) is 22.9 Å². The minimum atomic E-state index is -3.30. The van der Waals surface area contributed by atoms with E-state index in [0.717, 1.165) is 50.6 Å². The minimum Gasteiger partial charge on any atom is -0.444 e. The fraction of sp³-hybridized carbons (Fsp3) is 0.655. The van der Waals surface area contributed by atoms with Gasteiger partial charge in [0.05, 0.1) is 11.1 Å². The Kier molecular flexibility index (Phi) is 7.64. The number of nitrogens with one attached hydrogen (secondary N) is 2. The molecule has 3 aliphatic rings. The Labute approximate surface area is 228 Å². The monoisotopic (exact) mass is 544 g/mol. The molecule has 0 bridgehead atoms. The first kappa shape index (κ1) is 28.5. The van der Waals surface area contributed by atoms with Crippen molar-refractivity contribution in [1.29, 1.82) is 0 Å². The molecule has 3 amide bonds. The standard InChI is InChI=1S/C29H44N4O4S/c1-27(2,3)32-38(36,18-16-29(7)15-10-17-33(29)26(35)37-28(4,5)6)31-25(34)30-24-22-13-8-11-20(22)19-21-12-9-14-23(21)24/h16,18-19H,8-15,17H2,1-7H3,(H2,30,31,32,34,36)/b18-16+/t29-,38?/m1/s1. The van der Waals surface area contributed by atoms with Crippen molar-refractivity contribution >= 4 is 27.7 Å². The van der Waals surface area contributed by atoms with Gasteiger partial charge in [-0.3, -0.25) is 4.90 Å². The second kappa shape index (κ2) is 10.2. The molecule has 1 aliphatic heterocycles. The molecule has 9 heteroatoms. The number of likely N-dealkylation sites (tertiary alicyclic amines) is 1. The molecule has 8 nitrogen and oxygen atoms in total. The predicted octanol–water partition coefficient (Wildman–Crippen LogP) is 6.27. The van der Waals surface area contributed by atoms with Crippen molar-refractivity contribution in [2.45, 2.75) is 117 Å². The lowest BCUT2D eigenvalue weighted by atomic mass is 9.99. The molecule has 0 radical (unpaired) electrons. The lowest BCUT2D eigenvalue weighted by molar-refractivity contribution is 0.0169. The van der Waals surface area contributed by atoms with E-state index in [2.05, 4.69) is 20.5 Å². The number of benzene rings is 1. The average molecular weight is 545 g/mol. The number of nitrogens with zero attached hydrogens (tertiary/aromatic N) is 2. The fourth-order valence-electron chi connectivity index (χ4n) is 5.75. The van der Waals surface area contributed by atoms with Crippen LogP contribution in [0.15, 0.2) is 21.9 Å². The zero-order valence-corrected chi connectivity index (χ0v) is 24.8. The minimum absolute atomic E-state index is 0.404. The largest absolute Gasteiger partial charge is 0.444 e. The van der Waals surface area contributed by atoms with Gasteiger partial charge in [-0.2, -0.15) is 0 Å². The highest BCUT2D eigenvalue weighted by Crippen LogP contribution is 2.38. The van der Waals surface area contributed by atoms with Gasteiger partial charge in [0.15, 0.2) is 9.92 Å². The second-order valence-corrected chi connectivity index (χ2v) is 14.8. The number of ether oxygens (including phenoxy) is 1. The maximum absolute atomic E-state index is 14.1. The lowest BCUT2D eigenvalue weighted by Gasteiger charge is -2.34. The third kappa shape index (κ3) is 6.53. The molecule has 2 N–H and O–H groups in total. The normalized spacial score (nSPS) is 22.7. The predicted molar refractivity (Wildman–Crippen MR) is 153 cm³/mol. The summed E-state index contributed by atoms with van der Waals surface area (Å²) >= 11 is 0. The number of urea groups is 1. The van der Waals surface area contributed by atoms with Crippen LogP contribution in [0.1, 0.15) is 96.4 Å². The molecule has 1 saturated heterocycles. The first-order valence-corrected chi connectivity index (χ1v) is 15.4. The van der Waals surface area contributed by atoms with Crippen molar-refractivity contribution in [3.8, 4) is 0 Å².